The maximum atomic E-state index is 5.60. The lowest BCUT2D eigenvalue weighted by atomic mass is 10.0. The third-order valence-electron chi connectivity index (χ3n) is 2.59. The molecule has 0 saturated heterocycles. The van der Waals surface area contributed by atoms with Crippen molar-refractivity contribution in [2.75, 3.05) is 0 Å². The van der Waals surface area contributed by atoms with Gasteiger partial charge in [0.25, 0.3) is 0 Å². The third-order valence-corrected chi connectivity index (χ3v) is 2.59. The fraction of sp³-hybridized carbons (Fsp3) is 0.273. The molecular formula is C11H15N5. The quantitative estimate of drug-likeness (QED) is 0.586. The van der Waals surface area contributed by atoms with Crippen molar-refractivity contribution in [1.82, 2.24) is 20.4 Å². The molecule has 0 aliphatic rings. The Kier molecular flexibility index (Phi) is 2.98. The average Bonchev–Trinajstić information content (AvgIpc) is 2.67. The van der Waals surface area contributed by atoms with Crippen molar-refractivity contribution >= 4 is 0 Å². The van der Waals surface area contributed by atoms with E-state index in [0.717, 1.165) is 11.3 Å². The van der Waals surface area contributed by atoms with Gasteiger partial charge in [-0.15, -0.1) is 5.10 Å². The molecule has 0 spiro atoms. The fourth-order valence-corrected chi connectivity index (χ4v) is 1.76. The van der Waals surface area contributed by atoms with Crippen molar-refractivity contribution in [3.63, 3.8) is 0 Å². The number of hydrogen-bond acceptors (Lipinski definition) is 4. The number of nitrogens with zero attached hydrogens (tertiary/aromatic N) is 3. The van der Waals surface area contributed by atoms with Gasteiger partial charge in [0.2, 0.25) is 0 Å². The molecule has 0 saturated carbocycles. The lowest BCUT2D eigenvalue weighted by Gasteiger charge is -2.16. The lowest BCUT2D eigenvalue weighted by Crippen LogP contribution is -2.30. The Morgan fingerprint density at radius 2 is 2.25 bits per heavy atom. The Morgan fingerprint density at radius 1 is 1.44 bits per heavy atom. The van der Waals surface area contributed by atoms with Gasteiger partial charge in [0.15, 0.2) is 0 Å². The van der Waals surface area contributed by atoms with Gasteiger partial charge in [-0.25, -0.2) is 5.43 Å². The van der Waals surface area contributed by atoms with Crippen LogP contribution in [0.15, 0.2) is 30.5 Å². The first-order chi connectivity index (χ1) is 7.72. The van der Waals surface area contributed by atoms with Crippen LogP contribution in [0.5, 0.6) is 0 Å². The molecule has 0 bridgehead atoms. The molecular weight excluding hydrogens is 202 g/mol. The normalized spacial score (nSPS) is 12.7. The van der Waals surface area contributed by atoms with E-state index in [1.807, 2.05) is 19.2 Å². The topological polar surface area (TPSA) is 68.8 Å². The lowest BCUT2D eigenvalue weighted by molar-refractivity contribution is 0.570. The molecule has 0 aliphatic carbocycles. The standard InChI is InChI=1S/C11H15N5/c1-8-4-3-5-9(6-8)11(14-12)10-7-13-15-16(10)2/h3-7,11,14H,12H2,1-2H3. The summed E-state index contributed by atoms with van der Waals surface area (Å²) in [5.74, 6) is 5.60. The third kappa shape index (κ3) is 1.95. The van der Waals surface area contributed by atoms with Crippen LogP contribution in [-0.4, -0.2) is 15.0 Å². The number of aromatic nitrogens is 3. The minimum atomic E-state index is -0.0834. The first-order valence-electron chi connectivity index (χ1n) is 5.09. The van der Waals surface area contributed by atoms with Gasteiger partial charge in [0, 0.05) is 7.05 Å². The van der Waals surface area contributed by atoms with Gasteiger partial charge >= 0.3 is 0 Å². The molecule has 1 aromatic carbocycles. The van der Waals surface area contributed by atoms with Gasteiger partial charge in [-0.05, 0) is 12.5 Å². The number of rotatable bonds is 3. The maximum absolute atomic E-state index is 5.60. The Hall–Kier alpha value is -1.72. The van der Waals surface area contributed by atoms with E-state index in [0.29, 0.717) is 0 Å². The Bertz CT molecular complexity index is 477. The van der Waals surface area contributed by atoms with Gasteiger partial charge in [-0.3, -0.25) is 10.5 Å². The van der Waals surface area contributed by atoms with Crippen molar-refractivity contribution in [3.05, 3.63) is 47.3 Å². The smallest absolute Gasteiger partial charge is 0.0894 e. The van der Waals surface area contributed by atoms with E-state index < -0.39 is 0 Å². The first-order valence-corrected chi connectivity index (χ1v) is 5.09. The largest absolute Gasteiger partial charge is 0.271 e. The van der Waals surface area contributed by atoms with Gasteiger partial charge in [0.05, 0.1) is 17.9 Å². The van der Waals surface area contributed by atoms with Crippen LogP contribution in [0.2, 0.25) is 0 Å². The van der Waals surface area contributed by atoms with Crippen molar-refractivity contribution in [3.8, 4) is 0 Å². The summed E-state index contributed by atoms with van der Waals surface area (Å²) in [6, 6.07) is 8.11. The van der Waals surface area contributed by atoms with Crippen LogP contribution in [-0.2, 0) is 7.05 Å². The summed E-state index contributed by atoms with van der Waals surface area (Å²) >= 11 is 0. The van der Waals surface area contributed by atoms with Crippen LogP contribution >= 0.6 is 0 Å². The average molecular weight is 217 g/mol. The SMILES string of the molecule is Cc1cccc(C(NN)c2cnnn2C)c1. The summed E-state index contributed by atoms with van der Waals surface area (Å²) in [5.41, 5.74) is 6.03. The van der Waals surface area contributed by atoms with E-state index in [1.165, 1.54) is 5.56 Å². The second kappa shape index (κ2) is 4.42. The van der Waals surface area contributed by atoms with Crippen LogP contribution in [0.25, 0.3) is 0 Å². The fourth-order valence-electron chi connectivity index (χ4n) is 1.76. The molecule has 3 N–H and O–H groups in total. The molecule has 1 heterocycles. The molecule has 0 aliphatic heterocycles. The second-order valence-electron chi connectivity index (χ2n) is 3.80. The summed E-state index contributed by atoms with van der Waals surface area (Å²) in [6.07, 6.45) is 1.72. The molecule has 2 rings (SSSR count). The Labute approximate surface area is 94.2 Å². The summed E-state index contributed by atoms with van der Waals surface area (Å²) in [5, 5.41) is 7.76. The summed E-state index contributed by atoms with van der Waals surface area (Å²) in [6.45, 7) is 2.05. The summed E-state index contributed by atoms with van der Waals surface area (Å²) < 4.78 is 1.72. The van der Waals surface area contributed by atoms with Crippen LogP contribution in [0.1, 0.15) is 22.9 Å². The highest BCUT2D eigenvalue weighted by Gasteiger charge is 2.16. The van der Waals surface area contributed by atoms with Crippen molar-refractivity contribution in [2.45, 2.75) is 13.0 Å². The van der Waals surface area contributed by atoms with Crippen LogP contribution < -0.4 is 11.3 Å². The molecule has 5 nitrogen and oxygen atoms in total. The van der Waals surface area contributed by atoms with Gasteiger partial charge in [-0.1, -0.05) is 35.0 Å². The first kappa shape index (κ1) is 10.8. The van der Waals surface area contributed by atoms with Crippen molar-refractivity contribution in [2.24, 2.45) is 12.9 Å². The van der Waals surface area contributed by atoms with Gasteiger partial charge < -0.3 is 0 Å². The second-order valence-corrected chi connectivity index (χ2v) is 3.80. The summed E-state index contributed by atoms with van der Waals surface area (Å²) in [7, 11) is 1.85. The molecule has 1 unspecified atom stereocenters. The molecule has 0 fully saturated rings. The molecule has 1 aromatic heterocycles. The highest BCUT2D eigenvalue weighted by atomic mass is 15.4. The monoisotopic (exact) mass is 217 g/mol. The predicted octanol–water partition coefficient (Wildman–Crippen LogP) is 0.676. The molecule has 0 amide bonds. The van der Waals surface area contributed by atoms with Crippen molar-refractivity contribution in [1.29, 1.82) is 0 Å². The highest BCUT2D eigenvalue weighted by molar-refractivity contribution is 5.30. The number of hydrogen-bond donors (Lipinski definition) is 2. The Morgan fingerprint density at radius 3 is 2.81 bits per heavy atom. The van der Waals surface area contributed by atoms with E-state index in [1.54, 1.807) is 10.9 Å². The molecule has 5 heteroatoms. The zero-order valence-corrected chi connectivity index (χ0v) is 9.38. The number of aryl methyl sites for hydroxylation is 2. The Balaban J connectivity index is 2.40. The summed E-state index contributed by atoms with van der Waals surface area (Å²) in [4.78, 5) is 0. The number of benzene rings is 1. The highest BCUT2D eigenvalue weighted by Crippen LogP contribution is 2.20. The van der Waals surface area contributed by atoms with E-state index in [4.69, 9.17) is 5.84 Å². The number of hydrazine groups is 1. The number of nitrogens with two attached hydrogens (primary N) is 1. The molecule has 2 aromatic rings. The predicted molar refractivity (Wildman–Crippen MR) is 61.3 cm³/mol. The molecule has 0 radical (unpaired) electrons. The minimum absolute atomic E-state index is 0.0834. The van der Waals surface area contributed by atoms with Gasteiger partial charge in [-0.2, -0.15) is 0 Å². The van der Waals surface area contributed by atoms with E-state index in [2.05, 4.69) is 34.8 Å². The molecule has 1 atom stereocenters. The van der Waals surface area contributed by atoms with E-state index in [9.17, 15) is 0 Å². The van der Waals surface area contributed by atoms with E-state index in [-0.39, 0.29) is 6.04 Å². The number of nitrogens with one attached hydrogen (secondary N) is 1. The molecule has 84 valence electrons. The molecule has 16 heavy (non-hydrogen) atoms. The van der Waals surface area contributed by atoms with Gasteiger partial charge in [0.1, 0.15) is 0 Å². The van der Waals surface area contributed by atoms with Crippen LogP contribution in [0, 0.1) is 6.92 Å². The zero-order valence-electron chi connectivity index (χ0n) is 9.38. The zero-order chi connectivity index (χ0) is 11.5. The van der Waals surface area contributed by atoms with Crippen LogP contribution in [0.3, 0.4) is 0 Å². The minimum Gasteiger partial charge on any atom is -0.271 e. The maximum Gasteiger partial charge on any atom is 0.0894 e. The van der Waals surface area contributed by atoms with Crippen molar-refractivity contribution < 1.29 is 0 Å². The van der Waals surface area contributed by atoms with E-state index >= 15 is 0 Å². The van der Waals surface area contributed by atoms with Crippen LogP contribution in [0.4, 0.5) is 0 Å².